The van der Waals surface area contributed by atoms with Gasteiger partial charge in [-0.15, -0.1) is 11.3 Å². The smallest absolute Gasteiger partial charge is 0.260 e. The molecule has 2 aliphatic rings. The number of ether oxygens (including phenoxy) is 1. The Bertz CT molecular complexity index is 1100. The number of aromatic nitrogens is 1. The first-order valence-electron chi connectivity index (χ1n) is 10.5. The number of carbonyl (C=O) groups is 2. The summed E-state index contributed by atoms with van der Waals surface area (Å²) in [5, 5.41) is 1.10. The first-order chi connectivity index (χ1) is 15.1. The Morgan fingerprint density at radius 3 is 2.77 bits per heavy atom. The molecule has 8 heteroatoms. The Balaban J connectivity index is 1.31. The highest BCUT2D eigenvalue weighted by molar-refractivity contribution is 7.18. The summed E-state index contributed by atoms with van der Waals surface area (Å²) in [5.74, 6) is 0.355. The van der Waals surface area contributed by atoms with Crippen molar-refractivity contribution in [3.05, 3.63) is 53.5 Å². The van der Waals surface area contributed by atoms with Crippen molar-refractivity contribution in [2.24, 2.45) is 5.73 Å². The minimum absolute atomic E-state index is 0.0470. The largest absolute Gasteiger partial charge is 0.477 e. The molecule has 0 saturated carbocycles. The van der Waals surface area contributed by atoms with Crippen LogP contribution in [0.2, 0.25) is 0 Å². The zero-order valence-electron chi connectivity index (χ0n) is 17.1. The van der Waals surface area contributed by atoms with Crippen LogP contribution in [0.5, 0.6) is 5.75 Å². The summed E-state index contributed by atoms with van der Waals surface area (Å²) in [6.07, 6.45) is 1.23. The van der Waals surface area contributed by atoms with Gasteiger partial charge in [-0.25, -0.2) is 4.98 Å². The lowest BCUT2D eigenvalue weighted by molar-refractivity contribution is -0.131. The zero-order valence-corrected chi connectivity index (χ0v) is 17.9. The first-order valence-corrected chi connectivity index (χ1v) is 11.3. The number of carbonyl (C=O) groups excluding carboxylic acids is 2. The zero-order chi connectivity index (χ0) is 21.4. The first kappa shape index (κ1) is 19.8. The van der Waals surface area contributed by atoms with Gasteiger partial charge < -0.3 is 20.3 Å². The van der Waals surface area contributed by atoms with E-state index < -0.39 is 12.0 Å². The Hall–Kier alpha value is -3.13. The molecule has 2 atom stereocenters. The fraction of sp³-hybridized carbons (Fsp3) is 0.348. The van der Waals surface area contributed by atoms with Gasteiger partial charge in [-0.1, -0.05) is 24.3 Å². The number of primary amides is 1. The normalized spacial score (nSPS) is 20.9. The minimum Gasteiger partial charge on any atom is -0.477 e. The number of thiazole rings is 1. The SMILES string of the molecule is NC(=O)C1CN(CC(=O)N2CCCC(c3nc4ccccc4s3)C2)c2ccccc2O1. The maximum absolute atomic E-state index is 13.2. The van der Waals surface area contributed by atoms with E-state index in [1.807, 2.05) is 46.2 Å². The monoisotopic (exact) mass is 436 g/mol. The molecule has 0 radical (unpaired) electrons. The molecule has 7 nitrogen and oxygen atoms in total. The van der Waals surface area contributed by atoms with Crippen molar-refractivity contribution >= 4 is 39.1 Å². The Kier molecular flexibility index (Phi) is 5.23. The van der Waals surface area contributed by atoms with Gasteiger partial charge in [0.25, 0.3) is 5.91 Å². The second-order valence-corrected chi connectivity index (χ2v) is 9.12. The lowest BCUT2D eigenvalue weighted by Crippen LogP contribution is -2.51. The molecule has 31 heavy (non-hydrogen) atoms. The number of piperidine rings is 1. The number of amides is 2. The molecule has 1 saturated heterocycles. The molecule has 160 valence electrons. The number of benzene rings is 2. The molecule has 0 bridgehead atoms. The molecule has 0 spiro atoms. The second-order valence-electron chi connectivity index (χ2n) is 8.06. The number of nitrogens with two attached hydrogens (primary N) is 1. The van der Waals surface area contributed by atoms with Gasteiger partial charge in [0.1, 0.15) is 5.75 Å². The van der Waals surface area contributed by atoms with Crippen molar-refractivity contribution in [3.63, 3.8) is 0 Å². The molecular weight excluding hydrogens is 412 g/mol. The molecule has 1 fully saturated rings. The van der Waals surface area contributed by atoms with E-state index in [0.29, 0.717) is 12.3 Å². The fourth-order valence-corrected chi connectivity index (χ4v) is 5.43. The van der Waals surface area contributed by atoms with Gasteiger partial charge >= 0.3 is 0 Å². The van der Waals surface area contributed by atoms with Crippen LogP contribution in [0.3, 0.4) is 0 Å². The van der Waals surface area contributed by atoms with Crippen molar-refractivity contribution in [2.75, 3.05) is 31.1 Å². The van der Waals surface area contributed by atoms with Crippen LogP contribution in [0.1, 0.15) is 23.8 Å². The van der Waals surface area contributed by atoms with Gasteiger partial charge in [-0.05, 0) is 37.1 Å². The highest BCUT2D eigenvalue weighted by Crippen LogP contribution is 2.35. The van der Waals surface area contributed by atoms with Gasteiger partial charge in [0.15, 0.2) is 6.10 Å². The van der Waals surface area contributed by atoms with Crippen LogP contribution in [-0.2, 0) is 9.59 Å². The van der Waals surface area contributed by atoms with Gasteiger partial charge in [0.2, 0.25) is 5.91 Å². The third kappa shape index (κ3) is 3.95. The van der Waals surface area contributed by atoms with Crippen molar-refractivity contribution in [1.29, 1.82) is 0 Å². The molecule has 3 heterocycles. The van der Waals surface area contributed by atoms with E-state index in [2.05, 4.69) is 6.07 Å². The summed E-state index contributed by atoms with van der Waals surface area (Å²) >= 11 is 1.72. The third-order valence-corrected chi connectivity index (χ3v) is 7.14. The van der Waals surface area contributed by atoms with Crippen molar-refractivity contribution < 1.29 is 14.3 Å². The number of nitrogens with zero attached hydrogens (tertiary/aromatic N) is 3. The highest BCUT2D eigenvalue weighted by Gasteiger charge is 2.33. The van der Waals surface area contributed by atoms with Gasteiger partial charge in [-0.3, -0.25) is 9.59 Å². The number of fused-ring (bicyclic) bond motifs is 2. The maximum Gasteiger partial charge on any atom is 0.260 e. The number of hydrogen-bond acceptors (Lipinski definition) is 6. The Labute approximate surface area is 184 Å². The summed E-state index contributed by atoms with van der Waals surface area (Å²) < 4.78 is 6.89. The van der Waals surface area contributed by atoms with E-state index in [4.69, 9.17) is 15.5 Å². The molecule has 2 N–H and O–H groups in total. The summed E-state index contributed by atoms with van der Waals surface area (Å²) in [7, 11) is 0. The topological polar surface area (TPSA) is 88.8 Å². The van der Waals surface area contributed by atoms with Crippen LogP contribution in [0.15, 0.2) is 48.5 Å². The quantitative estimate of drug-likeness (QED) is 0.679. The van der Waals surface area contributed by atoms with Gasteiger partial charge in [-0.2, -0.15) is 0 Å². The number of rotatable bonds is 4. The van der Waals surface area contributed by atoms with E-state index >= 15 is 0 Å². The van der Waals surface area contributed by atoms with E-state index in [-0.39, 0.29) is 24.9 Å². The van der Waals surface area contributed by atoms with Crippen molar-refractivity contribution in [1.82, 2.24) is 9.88 Å². The number of anilines is 1. The van der Waals surface area contributed by atoms with Gasteiger partial charge in [0.05, 0.1) is 34.0 Å². The van der Waals surface area contributed by atoms with Crippen LogP contribution in [0.25, 0.3) is 10.2 Å². The molecule has 2 unspecified atom stereocenters. The highest BCUT2D eigenvalue weighted by atomic mass is 32.1. The standard InChI is InChI=1S/C23H24N4O3S/c24-22(29)19-13-27(17-8-2-3-9-18(17)30-19)14-21(28)26-11-5-6-15(12-26)23-25-16-7-1-4-10-20(16)31-23/h1-4,7-10,15,19H,5-6,11-14H2,(H2,24,29). The van der Waals surface area contributed by atoms with Gasteiger partial charge in [0, 0.05) is 19.0 Å². The minimum atomic E-state index is -0.764. The maximum atomic E-state index is 13.2. The summed E-state index contributed by atoms with van der Waals surface area (Å²) in [4.78, 5) is 33.6. The summed E-state index contributed by atoms with van der Waals surface area (Å²) in [6.45, 7) is 1.87. The second kappa shape index (κ2) is 8.19. The molecule has 1 aromatic heterocycles. The molecular formula is C23H24N4O3S. The summed E-state index contributed by atoms with van der Waals surface area (Å²) in [6, 6.07) is 15.6. The van der Waals surface area contributed by atoms with Crippen LogP contribution in [0, 0.1) is 0 Å². The average Bonchev–Trinajstić information content (AvgIpc) is 3.23. The third-order valence-electron chi connectivity index (χ3n) is 5.94. The van der Waals surface area contributed by atoms with E-state index in [1.165, 1.54) is 4.70 Å². The average molecular weight is 437 g/mol. The van der Waals surface area contributed by atoms with Crippen molar-refractivity contribution in [3.8, 4) is 5.75 Å². The fourth-order valence-electron chi connectivity index (χ4n) is 4.34. The van der Waals surface area contributed by atoms with E-state index in [9.17, 15) is 9.59 Å². The van der Waals surface area contributed by atoms with Crippen LogP contribution < -0.4 is 15.4 Å². The Morgan fingerprint density at radius 1 is 1.13 bits per heavy atom. The molecule has 2 aromatic carbocycles. The molecule has 5 rings (SSSR count). The van der Waals surface area contributed by atoms with Crippen molar-refractivity contribution in [2.45, 2.75) is 24.9 Å². The van der Waals surface area contributed by atoms with E-state index in [0.717, 1.165) is 35.6 Å². The molecule has 2 aliphatic heterocycles. The summed E-state index contributed by atoms with van der Waals surface area (Å²) in [5.41, 5.74) is 7.32. The van der Waals surface area contributed by atoms with Crippen LogP contribution in [-0.4, -0.2) is 54.0 Å². The number of para-hydroxylation sites is 3. The molecule has 3 aromatic rings. The predicted molar refractivity (Wildman–Crippen MR) is 120 cm³/mol. The number of hydrogen-bond donors (Lipinski definition) is 1. The number of likely N-dealkylation sites (tertiary alicyclic amines) is 1. The Morgan fingerprint density at radius 2 is 1.94 bits per heavy atom. The van der Waals surface area contributed by atoms with Crippen LogP contribution in [0.4, 0.5) is 5.69 Å². The predicted octanol–water partition coefficient (Wildman–Crippen LogP) is 2.76. The lowest BCUT2D eigenvalue weighted by atomic mass is 9.98. The molecule has 0 aliphatic carbocycles. The molecule has 2 amide bonds. The van der Waals surface area contributed by atoms with E-state index in [1.54, 1.807) is 17.4 Å². The van der Waals surface area contributed by atoms with Crippen LogP contribution >= 0.6 is 11.3 Å². The lowest BCUT2D eigenvalue weighted by Gasteiger charge is -2.37.